The van der Waals surface area contributed by atoms with Gasteiger partial charge < -0.3 is 14.7 Å². The van der Waals surface area contributed by atoms with Crippen molar-refractivity contribution in [3.63, 3.8) is 0 Å². The molecule has 1 fully saturated rings. The van der Waals surface area contributed by atoms with Crippen LogP contribution in [0, 0.1) is 5.92 Å². The zero-order chi connectivity index (χ0) is 13.7. The van der Waals surface area contributed by atoms with Crippen LogP contribution in [0.25, 0.3) is 0 Å². The zero-order valence-corrected chi connectivity index (χ0v) is 11.3. The van der Waals surface area contributed by atoms with Crippen LogP contribution in [0.3, 0.4) is 0 Å². The van der Waals surface area contributed by atoms with E-state index in [1.165, 1.54) is 0 Å². The number of nitrogens with zero attached hydrogens (tertiary/aromatic N) is 1. The number of hydrogen-bond donors (Lipinski definition) is 1. The number of ketones is 1. The second-order valence-electron chi connectivity index (χ2n) is 4.94. The highest BCUT2D eigenvalue weighted by atomic mass is 16.5. The van der Waals surface area contributed by atoms with Crippen molar-refractivity contribution in [2.45, 2.75) is 12.8 Å². The molecule has 1 aliphatic heterocycles. The quantitative estimate of drug-likeness (QED) is 0.822. The molecule has 104 valence electrons. The molecule has 1 aromatic rings. The lowest BCUT2D eigenvalue weighted by molar-refractivity contribution is 0.0545. The fourth-order valence-corrected chi connectivity index (χ4v) is 2.35. The van der Waals surface area contributed by atoms with Crippen LogP contribution < -0.4 is 4.90 Å². The van der Waals surface area contributed by atoms with Gasteiger partial charge in [-0.1, -0.05) is 0 Å². The number of anilines is 1. The van der Waals surface area contributed by atoms with E-state index >= 15 is 0 Å². The summed E-state index contributed by atoms with van der Waals surface area (Å²) in [6, 6.07) is 7.62. The Balaban J connectivity index is 2.02. The Morgan fingerprint density at radius 2 is 1.95 bits per heavy atom. The van der Waals surface area contributed by atoms with Crippen molar-refractivity contribution in [1.29, 1.82) is 0 Å². The number of rotatable bonds is 5. The molecule has 19 heavy (non-hydrogen) atoms. The predicted octanol–water partition coefficient (Wildman–Crippen LogP) is 1.72. The van der Waals surface area contributed by atoms with Gasteiger partial charge in [0.1, 0.15) is 0 Å². The number of aliphatic hydroxyl groups is 1. The average Bonchev–Trinajstić information content (AvgIpc) is 2.48. The first-order chi connectivity index (χ1) is 9.22. The Hall–Kier alpha value is -1.39. The van der Waals surface area contributed by atoms with Crippen molar-refractivity contribution in [1.82, 2.24) is 0 Å². The Bertz CT molecular complexity index is 410. The molecule has 0 spiro atoms. The summed E-state index contributed by atoms with van der Waals surface area (Å²) in [5.41, 5.74) is 1.78. The molecule has 1 aromatic carbocycles. The normalized spacial score (nSPS) is 16.3. The molecule has 0 saturated carbocycles. The number of aliphatic hydroxyl groups excluding tert-OH is 1. The minimum Gasteiger partial charge on any atom is -0.395 e. The van der Waals surface area contributed by atoms with E-state index in [-0.39, 0.29) is 18.3 Å². The minimum atomic E-state index is 0.106. The summed E-state index contributed by atoms with van der Waals surface area (Å²) >= 11 is 0. The first-order valence-corrected chi connectivity index (χ1v) is 6.76. The SMILES string of the molecule is CN(CCO)c1ccc(C(=O)C2CCOCC2)cc1. The van der Waals surface area contributed by atoms with Crippen molar-refractivity contribution in [2.75, 3.05) is 38.3 Å². The smallest absolute Gasteiger partial charge is 0.166 e. The van der Waals surface area contributed by atoms with Crippen molar-refractivity contribution < 1.29 is 14.6 Å². The molecule has 4 nitrogen and oxygen atoms in total. The predicted molar refractivity (Wildman–Crippen MR) is 74.7 cm³/mol. The van der Waals surface area contributed by atoms with Crippen LogP contribution in [0.5, 0.6) is 0 Å². The summed E-state index contributed by atoms with van der Waals surface area (Å²) in [4.78, 5) is 14.3. The molecule has 0 radical (unpaired) electrons. The van der Waals surface area contributed by atoms with E-state index in [1.54, 1.807) is 0 Å². The lowest BCUT2D eigenvalue weighted by Gasteiger charge is -2.21. The molecular weight excluding hydrogens is 242 g/mol. The molecule has 1 aliphatic rings. The molecule has 0 bridgehead atoms. The molecule has 0 unspecified atom stereocenters. The van der Waals surface area contributed by atoms with E-state index < -0.39 is 0 Å². The largest absolute Gasteiger partial charge is 0.395 e. The molecule has 1 heterocycles. The van der Waals surface area contributed by atoms with E-state index in [0.717, 1.165) is 24.1 Å². The van der Waals surface area contributed by atoms with Gasteiger partial charge in [-0.3, -0.25) is 4.79 Å². The molecule has 4 heteroatoms. The number of benzene rings is 1. The lowest BCUT2D eigenvalue weighted by atomic mass is 9.91. The Kier molecular flexibility index (Phi) is 4.93. The first kappa shape index (κ1) is 14.0. The number of ether oxygens (including phenoxy) is 1. The number of Topliss-reactive ketones (excluding diaryl/α,β-unsaturated/α-hetero) is 1. The lowest BCUT2D eigenvalue weighted by Crippen LogP contribution is -2.24. The van der Waals surface area contributed by atoms with Crippen molar-refractivity contribution in [3.05, 3.63) is 29.8 Å². The molecule has 0 atom stereocenters. The van der Waals surface area contributed by atoms with Gasteiger partial charge in [-0.15, -0.1) is 0 Å². The third-order valence-corrected chi connectivity index (χ3v) is 3.62. The Morgan fingerprint density at radius 1 is 1.32 bits per heavy atom. The van der Waals surface area contributed by atoms with Crippen molar-refractivity contribution in [3.8, 4) is 0 Å². The number of carbonyl (C=O) groups is 1. The zero-order valence-electron chi connectivity index (χ0n) is 11.3. The summed E-state index contributed by atoms with van der Waals surface area (Å²) in [6.45, 7) is 2.09. The van der Waals surface area contributed by atoms with Gasteiger partial charge in [-0.25, -0.2) is 0 Å². The first-order valence-electron chi connectivity index (χ1n) is 6.76. The summed E-state index contributed by atoms with van der Waals surface area (Å²) in [5.74, 6) is 0.328. The molecule has 0 aromatic heterocycles. The summed E-state index contributed by atoms with van der Waals surface area (Å²) in [7, 11) is 1.92. The number of carbonyl (C=O) groups excluding carboxylic acids is 1. The third kappa shape index (κ3) is 3.55. The molecule has 1 N–H and O–H groups in total. The molecule has 0 aliphatic carbocycles. The van der Waals surface area contributed by atoms with Gasteiger partial charge in [0.05, 0.1) is 6.61 Å². The molecule has 1 saturated heterocycles. The van der Waals surface area contributed by atoms with E-state index in [0.29, 0.717) is 19.8 Å². The number of hydrogen-bond acceptors (Lipinski definition) is 4. The van der Waals surface area contributed by atoms with Crippen LogP contribution in [0.4, 0.5) is 5.69 Å². The van der Waals surface area contributed by atoms with Crippen molar-refractivity contribution in [2.24, 2.45) is 5.92 Å². The second-order valence-corrected chi connectivity index (χ2v) is 4.94. The van der Waals surface area contributed by atoms with Crippen LogP contribution in [-0.2, 0) is 4.74 Å². The summed E-state index contributed by atoms with van der Waals surface area (Å²) < 4.78 is 5.28. The van der Waals surface area contributed by atoms with Crippen LogP contribution in [0.1, 0.15) is 23.2 Å². The third-order valence-electron chi connectivity index (χ3n) is 3.62. The maximum atomic E-state index is 12.3. The van der Waals surface area contributed by atoms with E-state index in [4.69, 9.17) is 9.84 Å². The Labute approximate surface area is 114 Å². The highest BCUT2D eigenvalue weighted by Gasteiger charge is 2.22. The summed E-state index contributed by atoms with van der Waals surface area (Å²) in [6.07, 6.45) is 1.65. The van der Waals surface area contributed by atoms with Crippen LogP contribution in [0.2, 0.25) is 0 Å². The van der Waals surface area contributed by atoms with Crippen molar-refractivity contribution >= 4 is 11.5 Å². The van der Waals surface area contributed by atoms with Gasteiger partial charge in [0.25, 0.3) is 0 Å². The molecular formula is C15H21NO3. The summed E-state index contributed by atoms with van der Waals surface area (Å²) in [5, 5.41) is 8.90. The van der Waals surface area contributed by atoms with E-state index in [9.17, 15) is 4.79 Å². The van der Waals surface area contributed by atoms with Gasteiger partial charge in [0.2, 0.25) is 0 Å². The fraction of sp³-hybridized carbons (Fsp3) is 0.533. The number of likely N-dealkylation sites (N-methyl/N-ethyl adjacent to an activating group) is 1. The van der Waals surface area contributed by atoms with Gasteiger partial charge in [0, 0.05) is 44.0 Å². The highest BCUT2D eigenvalue weighted by molar-refractivity contribution is 5.98. The van der Waals surface area contributed by atoms with Gasteiger partial charge in [0.15, 0.2) is 5.78 Å². The maximum absolute atomic E-state index is 12.3. The molecule has 2 rings (SSSR count). The standard InChI is InChI=1S/C15H21NO3/c1-16(8-9-17)14-4-2-12(3-5-14)15(18)13-6-10-19-11-7-13/h2-5,13,17H,6-11H2,1H3. The van der Waals surface area contributed by atoms with E-state index in [1.807, 2.05) is 36.2 Å². The topological polar surface area (TPSA) is 49.8 Å². The van der Waals surface area contributed by atoms with E-state index in [2.05, 4.69) is 0 Å². The van der Waals surface area contributed by atoms with Gasteiger partial charge >= 0.3 is 0 Å². The minimum absolute atomic E-state index is 0.106. The van der Waals surface area contributed by atoms with Crippen LogP contribution in [-0.4, -0.2) is 44.3 Å². The molecule has 0 amide bonds. The maximum Gasteiger partial charge on any atom is 0.166 e. The fourth-order valence-electron chi connectivity index (χ4n) is 2.35. The van der Waals surface area contributed by atoms with Gasteiger partial charge in [-0.2, -0.15) is 0 Å². The average molecular weight is 263 g/mol. The van der Waals surface area contributed by atoms with Gasteiger partial charge in [-0.05, 0) is 37.1 Å². The second kappa shape index (κ2) is 6.68. The van der Waals surface area contributed by atoms with Crippen LogP contribution >= 0.6 is 0 Å². The monoisotopic (exact) mass is 263 g/mol. The highest BCUT2D eigenvalue weighted by Crippen LogP contribution is 2.22. The Morgan fingerprint density at radius 3 is 2.53 bits per heavy atom. The van der Waals surface area contributed by atoms with Crippen LogP contribution in [0.15, 0.2) is 24.3 Å².